The summed E-state index contributed by atoms with van der Waals surface area (Å²) in [5, 5.41) is 9.61. The van der Waals surface area contributed by atoms with Gasteiger partial charge in [0.25, 0.3) is 11.2 Å². The largest absolute Gasteiger partial charge is 0.430 e. The van der Waals surface area contributed by atoms with E-state index in [4.69, 9.17) is 4.74 Å². The summed E-state index contributed by atoms with van der Waals surface area (Å²) in [6, 6.07) is 13.8. The van der Waals surface area contributed by atoms with Crippen molar-refractivity contribution in [1.82, 2.24) is 9.55 Å². The highest BCUT2D eigenvalue weighted by atomic mass is 19.4. The number of anilines is 1. The van der Waals surface area contributed by atoms with Crippen LogP contribution in [0.1, 0.15) is 17.0 Å². The third kappa shape index (κ3) is 5.15. The molecule has 4 aromatic rings. The van der Waals surface area contributed by atoms with Crippen LogP contribution in [-0.2, 0) is 16.8 Å². The molecule has 41 heavy (non-hydrogen) atoms. The van der Waals surface area contributed by atoms with Crippen LogP contribution >= 0.6 is 0 Å². The molecule has 5 rings (SSSR count). The number of aliphatic hydroxyl groups is 1. The van der Waals surface area contributed by atoms with Crippen molar-refractivity contribution in [2.24, 2.45) is 0 Å². The Labute approximate surface area is 228 Å². The van der Waals surface area contributed by atoms with Crippen LogP contribution in [0.15, 0.2) is 71.5 Å². The monoisotopic (exact) mass is 581 g/mol. The molecule has 0 bridgehead atoms. The van der Waals surface area contributed by atoms with Crippen molar-refractivity contribution in [2.45, 2.75) is 24.4 Å². The number of benzene rings is 3. The summed E-state index contributed by atoms with van der Waals surface area (Å²) in [7, 11) is 0. The lowest BCUT2D eigenvalue weighted by Gasteiger charge is -2.32. The lowest BCUT2D eigenvalue weighted by Crippen LogP contribution is -2.53. The van der Waals surface area contributed by atoms with Crippen LogP contribution in [0.25, 0.3) is 16.6 Å². The van der Waals surface area contributed by atoms with Crippen molar-refractivity contribution in [3.63, 3.8) is 0 Å². The summed E-state index contributed by atoms with van der Waals surface area (Å²) in [6.07, 6.45) is -12.1. The molecule has 1 fully saturated rings. The maximum atomic E-state index is 15.2. The fourth-order valence-corrected chi connectivity index (χ4v) is 4.79. The van der Waals surface area contributed by atoms with Crippen molar-refractivity contribution in [2.75, 3.05) is 31.2 Å². The number of morpholine rings is 1. The quantitative estimate of drug-likeness (QED) is 0.326. The van der Waals surface area contributed by atoms with Gasteiger partial charge in [0.1, 0.15) is 11.6 Å². The van der Waals surface area contributed by atoms with Gasteiger partial charge in [-0.15, -0.1) is 0 Å². The lowest BCUT2D eigenvalue weighted by molar-refractivity contribution is -0.376. The van der Waals surface area contributed by atoms with Crippen LogP contribution in [0.3, 0.4) is 0 Å². The fraction of sp³-hybridized carbons (Fsp3) is 0.286. The Kier molecular flexibility index (Phi) is 7.28. The summed E-state index contributed by atoms with van der Waals surface area (Å²) in [4.78, 5) is 20.0. The third-order valence-electron chi connectivity index (χ3n) is 6.93. The predicted octanol–water partition coefficient (Wildman–Crippen LogP) is 5.26. The molecule has 2 heterocycles. The van der Waals surface area contributed by atoms with E-state index >= 15 is 4.39 Å². The van der Waals surface area contributed by atoms with Crippen LogP contribution in [0, 0.1) is 5.82 Å². The molecule has 3 aromatic carbocycles. The van der Waals surface area contributed by atoms with Gasteiger partial charge in [0.05, 0.1) is 35.5 Å². The molecule has 1 aromatic heterocycles. The standard InChI is InChI=1S/C28H22F7N3O3/c29-21-15-20-22(16-23(21)37-10-12-41-13-11-37)36-24(14-17-4-2-1-3-5-17)38(25(20)39)19-8-6-18(7-9-19)26(40,27(30,31)32)28(33,34)35/h1-9,15-16,40H,10-14H2. The number of hydrogen-bond donors (Lipinski definition) is 1. The zero-order valence-electron chi connectivity index (χ0n) is 21.1. The highest BCUT2D eigenvalue weighted by molar-refractivity contribution is 5.82. The Morgan fingerprint density at radius 1 is 0.878 bits per heavy atom. The number of halogens is 7. The molecule has 0 aliphatic carbocycles. The second-order valence-corrected chi connectivity index (χ2v) is 9.50. The van der Waals surface area contributed by atoms with E-state index in [1.807, 2.05) is 0 Å². The molecule has 6 nitrogen and oxygen atoms in total. The summed E-state index contributed by atoms with van der Waals surface area (Å²) in [6.45, 7) is 1.62. The van der Waals surface area contributed by atoms with E-state index in [9.17, 15) is 36.2 Å². The second kappa shape index (κ2) is 10.5. The zero-order chi connectivity index (χ0) is 29.6. The summed E-state index contributed by atoms with van der Waals surface area (Å²) in [5.74, 6) is -0.584. The predicted molar refractivity (Wildman–Crippen MR) is 136 cm³/mol. The Bertz CT molecular complexity index is 1600. The van der Waals surface area contributed by atoms with Gasteiger partial charge < -0.3 is 14.7 Å². The maximum Gasteiger partial charge on any atom is 0.430 e. The van der Waals surface area contributed by atoms with Gasteiger partial charge in [0.15, 0.2) is 0 Å². The molecular formula is C28H22F7N3O3. The van der Waals surface area contributed by atoms with Gasteiger partial charge in [-0.25, -0.2) is 9.37 Å². The number of ether oxygens (including phenoxy) is 1. The topological polar surface area (TPSA) is 67.6 Å². The summed E-state index contributed by atoms with van der Waals surface area (Å²) < 4.78 is 102. The van der Waals surface area contributed by atoms with E-state index in [1.54, 1.807) is 35.2 Å². The first kappa shape index (κ1) is 28.6. The number of alkyl halides is 6. The highest BCUT2D eigenvalue weighted by Gasteiger charge is 2.71. The van der Waals surface area contributed by atoms with E-state index in [-0.39, 0.29) is 34.5 Å². The molecule has 0 radical (unpaired) electrons. The van der Waals surface area contributed by atoms with E-state index in [0.717, 1.165) is 22.8 Å². The molecule has 0 unspecified atom stereocenters. The molecule has 0 saturated carbocycles. The Hall–Kier alpha value is -3.97. The van der Waals surface area contributed by atoms with Crippen LogP contribution in [-0.4, -0.2) is 53.3 Å². The Morgan fingerprint density at radius 2 is 1.49 bits per heavy atom. The zero-order valence-corrected chi connectivity index (χ0v) is 21.1. The number of aromatic nitrogens is 2. The van der Waals surface area contributed by atoms with Crippen LogP contribution in [0.5, 0.6) is 0 Å². The summed E-state index contributed by atoms with van der Waals surface area (Å²) in [5.41, 5.74) is -6.40. The van der Waals surface area contributed by atoms with Gasteiger partial charge in [-0.2, -0.15) is 26.3 Å². The molecule has 216 valence electrons. The van der Waals surface area contributed by atoms with Gasteiger partial charge in [-0.3, -0.25) is 9.36 Å². The minimum absolute atomic E-state index is 0.0626. The molecular weight excluding hydrogens is 559 g/mol. The first-order chi connectivity index (χ1) is 19.3. The smallest absolute Gasteiger partial charge is 0.378 e. The lowest BCUT2D eigenvalue weighted by atomic mass is 9.92. The van der Waals surface area contributed by atoms with E-state index in [0.29, 0.717) is 44.0 Å². The van der Waals surface area contributed by atoms with E-state index < -0.39 is 34.9 Å². The first-order valence-electron chi connectivity index (χ1n) is 12.4. The molecule has 0 amide bonds. The fourth-order valence-electron chi connectivity index (χ4n) is 4.79. The Balaban J connectivity index is 1.68. The highest BCUT2D eigenvalue weighted by Crippen LogP contribution is 2.50. The molecule has 0 spiro atoms. The normalized spacial score (nSPS) is 15.0. The first-order valence-corrected chi connectivity index (χ1v) is 12.4. The van der Waals surface area contributed by atoms with Crippen LogP contribution in [0.2, 0.25) is 0 Å². The SMILES string of the molecule is O=c1c2cc(F)c(N3CCOCC3)cc2nc(Cc2ccccc2)n1-c1ccc(C(O)(C(F)(F)F)C(F)(F)F)cc1. The van der Waals surface area contributed by atoms with Gasteiger partial charge in [-0.1, -0.05) is 42.5 Å². The molecule has 1 saturated heterocycles. The average molecular weight is 581 g/mol. The Morgan fingerprint density at radius 3 is 2.07 bits per heavy atom. The number of fused-ring (bicyclic) bond motifs is 1. The minimum atomic E-state index is -6.07. The average Bonchev–Trinajstić information content (AvgIpc) is 2.93. The second-order valence-electron chi connectivity index (χ2n) is 9.50. The van der Waals surface area contributed by atoms with Crippen molar-refractivity contribution in [1.29, 1.82) is 0 Å². The van der Waals surface area contributed by atoms with Gasteiger partial charge in [0.2, 0.25) is 0 Å². The van der Waals surface area contributed by atoms with Gasteiger partial charge in [-0.05, 0) is 29.8 Å². The minimum Gasteiger partial charge on any atom is -0.378 e. The number of hydrogen-bond acceptors (Lipinski definition) is 5. The third-order valence-corrected chi connectivity index (χ3v) is 6.93. The van der Waals surface area contributed by atoms with Gasteiger partial charge in [0, 0.05) is 25.1 Å². The van der Waals surface area contributed by atoms with Crippen LogP contribution < -0.4 is 10.5 Å². The maximum absolute atomic E-state index is 15.2. The van der Waals surface area contributed by atoms with E-state index in [1.165, 1.54) is 6.07 Å². The van der Waals surface area contributed by atoms with Crippen molar-refractivity contribution in [3.05, 3.63) is 99.9 Å². The molecule has 0 atom stereocenters. The molecule has 1 N–H and O–H groups in total. The van der Waals surface area contributed by atoms with E-state index in [2.05, 4.69) is 4.98 Å². The molecule has 13 heteroatoms. The number of nitrogens with zero attached hydrogens (tertiary/aromatic N) is 3. The van der Waals surface area contributed by atoms with Crippen molar-refractivity contribution in [3.8, 4) is 5.69 Å². The molecule has 1 aliphatic heterocycles. The van der Waals surface area contributed by atoms with Gasteiger partial charge >= 0.3 is 12.4 Å². The molecule has 1 aliphatic rings. The van der Waals surface area contributed by atoms with Crippen LogP contribution in [0.4, 0.5) is 36.4 Å². The van der Waals surface area contributed by atoms with Crippen molar-refractivity contribution >= 4 is 16.6 Å². The summed E-state index contributed by atoms with van der Waals surface area (Å²) >= 11 is 0. The number of rotatable bonds is 5. The van der Waals surface area contributed by atoms with Crippen molar-refractivity contribution < 1.29 is 40.6 Å².